The topological polar surface area (TPSA) is 84.8 Å². The van der Waals surface area contributed by atoms with Gasteiger partial charge in [-0.3, -0.25) is 14.8 Å². The Hall–Kier alpha value is -2.68. The third-order valence-electron chi connectivity index (χ3n) is 6.46. The Bertz CT molecular complexity index is 1270. The van der Waals surface area contributed by atoms with Gasteiger partial charge in [-0.15, -0.1) is 0 Å². The Morgan fingerprint density at radius 1 is 1.06 bits per heavy atom. The van der Waals surface area contributed by atoms with Crippen LogP contribution in [0.1, 0.15) is 51.3 Å². The molecule has 1 saturated heterocycles. The van der Waals surface area contributed by atoms with E-state index in [1.54, 1.807) is 18.5 Å². The smallest absolute Gasteiger partial charge is 0.214 e. The molecule has 1 atom stereocenters. The second-order valence-corrected chi connectivity index (χ2v) is 9.78. The normalized spacial score (nSPS) is 16.4. The van der Waals surface area contributed by atoms with Gasteiger partial charge >= 0.3 is 0 Å². The minimum atomic E-state index is -0.400. The van der Waals surface area contributed by atoms with Crippen molar-refractivity contribution in [1.29, 1.82) is 0 Å². The molecule has 0 spiro atoms. The number of pyridine rings is 2. The number of halogens is 2. The molecule has 4 aromatic rings. The van der Waals surface area contributed by atoms with E-state index in [4.69, 9.17) is 32.9 Å². The quantitative estimate of drug-likeness (QED) is 0.365. The second kappa shape index (κ2) is 9.52. The first-order valence-corrected chi connectivity index (χ1v) is 12.3. The zero-order valence-corrected chi connectivity index (χ0v) is 20.9. The van der Waals surface area contributed by atoms with Gasteiger partial charge in [-0.05, 0) is 39.7 Å². The van der Waals surface area contributed by atoms with E-state index in [1.807, 2.05) is 19.2 Å². The standard InChI is InChI=1S/C24H27Cl2N7O/c1-14(2)32-8-6-17(7-9-32)33-13-16(10-28-33)23-24-20(30-31-23)4-5-21(29-24)34-15(3)22-18(25)11-27-12-19(22)26/h4-5,10-15,17H,6-9H2,1-3H3,(H,30,31)/t15-/m1/s1. The Balaban J connectivity index is 1.37. The van der Waals surface area contributed by atoms with Crippen LogP contribution in [-0.4, -0.2) is 54.0 Å². The van der Waals surface area contributed by atoms with Crippen LogP contribution in [-0.2, 0) is 0 Å². The highest BCUT2D eigenvalue weighted by Crippen LogP contribution is 2.33. The molecule has 34 heavy (non-hydrogen) atoms. The molecule has 0 aliphatic carbocycles. The van der Waals surface area contributed by atoms with Crippen LogP contribution in [0, 0.1) is 0 Å². The van der Waals surface area contributed by atoms with Gasteiger partial charge < -0.3 is 9.64 Å². The highest BCUT2D eigenvalue weighted by molar-refractivity contribution is 6.35. The predicted molar refractivity (Wildman–Crippen MR) is 133 cm³/mol. The fourth-order valence-electron chi connectivity index (χ4n) is 4.52. The first-order chi connectivity index (χ1) is 16.4. The summed E-state index contributed by atoms with van der Waals surface area (Å²) in [4.78, 5) is 11.2. The van der Waals surface area contributed by atoms with Gasteiger partial charge in [-0.25, -0.2) is 4.98 Å². The molecule has 5 heterocycles. The van der Waals surface area contributed by atoms with Crippen molar-refractivity contribution in [2.24, 2.45) is 0 Å². The van der Waals surface area contributed by atoms with Crippen molar-refractivity contribution in [2.45, 2.75) is 51.8 Å². The molecule has 8 nitrogen and oxygen atoms in total. The molecular weight excluding hydrogens is 473 g/mol. The number of nitrogens with one attached hydrogen (secondary N) is 1. The van der Waals surface area contributed by atoms with Crippen LogP contribution in [0.15, 0.2) is 36.9 Å². The van der Waals surface area contributed by atoms with Crippen LogP contribution >= 0.6 is 23.2 Å². The highest BCUT2D eigenvalue weighted by atomic mass is 35.5. The maximum atomic E-state index is 6.29. The number of ether oxygens (including phenoxy) is 1. The number of fused-ring (bicyclic) bond motifs is 1. The maximum absolute atomic E-state index is 6.29. The summed E-state index contributed by atoms with van der Waals surface area (Å²) in [5, 5.41) is 13.1. The molecule has 0 aromatic carbocycles. The number of H-pyrrole nitrogens is 1. The number of piperidine rings is 1. The molecule has 1 fully saturated rings. The predicted octanol–water partition coefficient (Wildman–Crippen LogP) is 5.71. The van der Waals surface area contributed by atoms with E-state index in [1.165, 1.54) is 0 Å². The van der Waals surface area contributed by atoms with Crippen molar-refractivity contribution < 1.29 is 4.74 Å². The van der Waals surface area contributed by atoms with Crippen molar-refractivity contribution >= 4 is 34.2 Å². The molecule has 0 unspecified atom stereocenters. The van der Waals surface area contributed by atoms with Crippen molar-refractivity contribution in [2.75, 3.05) is 13.1 Å². The number of nitrogens with zero attached hydrogens (tertiary/aromatic N) is 6. The molecule has 1 aliphatic rings. The van der Waals surface area contributed by atoms with Gasteiger partial charge in [0.05, 0.1) is 27.8 Å². The Kier molecular flexibility index (Phi) is 6.46. The molecule has 5 rings (SSSR count). The van der Waals surface area contributed by atoms with Gasteiger partial charge in [0, 0.05) is 54.9 Å². The minimum Gasteiger partial charge on any atom is -0.470 e. The fraction of sp³-hybridized carbons (Fsp3) is 0.417. The summed E-state index contributed by atoms with van der Waals surface area (Å²) in [7, 11) is 0. The van der Waals surface area contributed by atoms with E-state index in [9.17, 15) is 0 Å². The van der Waals surface area contributed by atoms with E-state index >= 15 is 0 Å². The van der Waals surface area contributed by atoms with Gasteiger partial charge in [0.1, 0.15) is 17.3 Å². The number of likely N-dealkylation sites (tertiary alicyclic amines) is 1. The van der Waals surface area contributed by atoms with Gasteiger partial charge in [-0.2, -0.15) is 10.2 Å². The van der Waals surface area contributed by atoms with E-state index in [0.717, 1.165) is 48.2 Å². The number of rotatable bonds is 6. The van der Waals surface area contributed by atoms with Crippen LogP contribution in [0.3, 0.4) is 0 Å². The van der Waals surface area contributed by atoms with Gasteiger partial charge in [0.15, 0.2) is 0 Å². The maximum Gasteiger partial charge on any atom is 0.214 e. The lowest BCUT2D eigenvalue weighted by molar-refractivity contribution is 0.147. The molecule has 0 radical (unpaired) electrons. The lowest BCUT2D eigenvalue weighted by atomic mass is 10.0. The Labute approximate surface area is 208 Å². The van der Waals surface area contributed by atoms with Crippen LogP contribution in [0.5, 0.6) is 5.88 Å². The van der Waals surface area contributed by atoms with Gasteiger partial charge in [-0.1, -0.05) is 23.2 Å². The van der Waals surface area contributed by atoms with E-state index in [2.05, 4.69) is 49.9 Å². The van der Waals surface area contributed by atoms with E-state index < -0.39 is 6.10 Å². The molecule has 10 heteroatoms. The van der Waals surface area contributed by atoms with Crippen LogP contribution in [0.4, 0.5) is 0 Å². The molecule has 1 aliphatic heterocycles. The SMILES string of the molecule is CC(C)N1CCC(n2cc(-c3n[nH]c4ccc(O[C@H](C)c5c(Cl)cncc5Cl)nc34)cn2)CC1. The minimum absolute atomic E-state index is 0.400. The summed E-state index contributed by atoms with van der Waals surface area (Å²) in [5.74, 6) is 0.458. The molecule has 0 saturated carbocycles. The van der Waals surface area contributed by atoms with Crippen molar-refractivity contribution in [3.8, 4) is 17.1 Å². The zero-order chi connectivity index (χ0) is 23.8. The molecule has 0 amide bonds. The summed E-state index contributed by atoms with van der Waals surface area (Å²) in [6, 6.07) is 4.69. The van der Waals surface area contributed by atoms with Crippen molar-refractivity contribution in [3.63, 3.8) is 0 Å². The summed E-state index contributed by atoms with van der Waals surface area (Å²) in [5.41, 5.74) is 3.91. The average molecular weight is 500 g/mol. The van der Waals surface area contributed by atoms with Gasteiger partial charge in [0.2, 0.25) is 5.88 Å². The van der Waals surface area contributed by atoms with Crippen LogP contribution in [0.25, 0.3) is 22.3 Å². The summed E-state index contributed by atoms with van der Waals surface area (Å²) < 4.78 is 8.16. The van der Waals surface area contributed by atoms with Crippen LogP contribution < -0.4 is 4.74 Å². The number of hydrogen-bond acceptors (Lipinski definition) is 6. The molecule has 4 aromatic heterocycles. The monoisotopic (exact) mass is 499 g/mol. The van der Waals surface area contributed by atoms with Crippen molar-refractivity contribution in [3.05, 3.63) is 52.5 Å². The molecule has 0 bridgehead atoms. The summed E-state index contributed by atoms with van der Waals surface area (Å²) >= 11 is 12.6. The molecule has 178 valence electrons. The Morgan fingerprint density at radius 3 is 2.50 bits per heavy atom. The fourth-order valence-corrected chi connectivity index (χ4v) is 5.20. The molecule has 1 N–H and O–H groups in total. The van der Waals surface area contributed by atoms with E-state index in [0.29, 0.717) is 33.6 Å². The highest BCUT2D eigenvalue weighted by Gasteiger charge is 2.23. The van der Waals surface area contributed by atoms with Crippen LogP contribution in [0.2, 0.25) is 10.0 Å². The largest absolute Gasteiger partial charge is 0.470 e. The first-order valence-electron chi connectivity index (χ1n) is 11.5. The number of aromatic amines is 1. The third-order valence-corrected chi connectivity index (χ3v) is 7.06. The van der Waals surface area contributed by atoms with Crippen molar-refractivity contribution in [1.82, 2.24) is 34.8 Å². The zero-order valence-electron chi connectivity index (χ0n) is 19.4. The van der Waals surface area contributed by atoms with E-state index in [-0.39, 0.29) is 0 Å². The van der Waals surface area contributed by atoms with Gasteiger partial charge in [0.25, 0.3) is 0 Å². The summed E-state index contributed by atoms with van der Waals surface area (Å²) in [6.45, 7) is 8.56. The lowest BCUT2D eigenvalue weighted by Crippen LogP contribution is -2.39. The second-order valence-electron chi connectivity index (χ2n) is 8.96. The third kappa shape index (κ3) is 4.50. The first kappa shape index (κ1) is 23.1. The lowest BCUT2D eigenvalue weighted by Gasteiger charge is -2.34. The number of hydrogen-bond donors (Lipinski definition) is 1. The Morgan fingerprint density at radius 2 is 1.79 bits per heavy atom. The molecular formula is C24H27Cl2N7O. The summed E-state index contributed by atoms with van der Waals surface area (Å²) in [6.07, 6.45) is 8.82. The average Bonchev–Trinajstić information content (AvgIpc) is 3.46. The number of aromatic nitrogens is 6.